The van der Waals surface area contributed by atoms with Gasteiger partial charge in [-0.25, -0.2) is 4.57 Å². The van der Waals surface area contributed by atoms with E-state index in [0.717, 1.165) is 24.7 Å². The van der Waals surface area contributed by atoms with Crippen LogP contribution in [0.25, 0.3) is 0 Å². The fourth-order valence-corrected chi connectivity index (χ4v) is 5.61. The number of likely N-dealkylation sites (tertiary alicyclic amines) is 1. The third-order valence-corrected chi connectivity index (χ3v) is 7.38. The molecule has 5 N–H and O–H groups in total. The fourth-order valence-electron chi connectivity index (χ4n) is 4.05. The molecule has 0 aromatic carbocycles. The standard InChI is InChI=1S/C17H32ClN2O8PS/c1-5-9-6-10(20(3)7-9)16(23)19-11(8(2)18)14-12(21)13(22)15(17(27-14)30-4)28-29(24,25)26/h8-15,17,21-22H,5-7H2,1-4H3,(H,19,23)(H2,24,25,26)/t8-,9+,10+,11+,12+,13-,14-,15+,17+/m0/s1. The molecule has 0 radical (unpaired) electrons. The van der Waals surface area contributed by atoms with Crippen molar-refractivity contribution in [3.63, 3.8) is 0 Å². The van der Waals surface area contributed by atoms with Crippen molar-refractivity contribution in [3.05, 3.63) is 0 Å². The van der Waals surface area contributed by atoms with Gasteiger partial charge in [0.05, 0.1) is 17.5 Å². The van der Waals surface area contributed by atoms with E-state index in [0.29, 0.717) is 12.3 Å². The predicted molar refractivity (Wildman–Crippen MR) is 113 cm³/mol. The summed E-state index contributed by atoms with van der Waals surface area (Å²) in [5.41, 5.74) is -0.991. The molecule has 2 rings (SSSR count). The van der Waals surface area contributed by atoms with Crippen LogP contribution in [0.4, 0.5) is 0 Å². The van der Waals surface area contributed by atoms with Crippen molar-refractivity contribution in [1.29, 1.82) is 0 Å². The molecule has 9 atom stereocenters. The molecular weight excluding hydrogens is 459 g/mol. The van der Waals surface area contributed by atoms with Gasteiger partial charge in [-0.05, 0) is 32.6 Å². The van der Waals surface area contributed by atoms with Crippen LogP contribution in [0.3, 0.4) is 0 Å². The second kappa shape index (κ2) is 10.8. The van der Waals surface area contributed by atoms with Gasteiger partial charge in [-0.3, -0.25) is 14.2 Å². The molecule has 2 aliphatic heterocycles. The molecule has 0 aliphatic carbocycles. The van der Waals surface area contributed by atoms with Gasteiger partial charge in [0, 0.05) is 6.54 Å². The molecule has 2 saturated heterocycles. The lowest BCUT2D eigenvalue weighted by Crippen LogP contribution is -2.65. The zero-order chi connectivity index (χ0) is 22.8. The molecule has 176 valence electrons. The summed E-state index contributed by atoms with van der Waals surface area (Å²) in [5, 5.41) is 23.3. The van der Waals surface area contributed by atoms with Crippen molar-refractivity contribution < 1.29 is 38.6 Å². The number of hydrogen-bond donors (Lipinski definition) is 5. The molecule has 0 unspecified atom stereocenters. The van der Waals surface area contributed by atoms with Gasteiger partial charge >= 0.3 is 7.82 Å². The van der Waals surface area contributed by atoms with E-state index in [2.05, 4.69) is 16.8 Å². The van der Waals surface area contributed by atoms with Gasteiger partial charge in [-0.1, -0.05) is 13.3 Å². The van der Waals surface area contributed by atoms with E-state index < -0.39 is 49.1 Å². The number of carbonyl (C=O) groups excluding carboxylic acids is 1. The van der Waals surface area contributed by atoms with Gasteiger partial charge in [0.2, 0.25) is 5.91 Å². The fraction of sp³-hybridized carbons (Fsp3) is 0.941. The molecule has 0 aromatic heterocycles. The van der Waals surface area contributed by atoms with E-state index in [1.807, 2.05) is 11.9 Å². The maximum Gasteiger partial charge on any atom is 0.470 e. The maximum atomic E-state index is 12.9. The number of aliphatic hydroxyl groups excluding tert-OH is 2. The van der Waals surface area contributed by atoms with Gasteiger partial charge in [-0.2, -0.15) is 0 Å². The molecule has 13 heteroatoms. The van der Waals surface area contributed by atoms with E-state index in [9.17, 15) is 19.6 Å². The Morgan fingerprint density at radius 1 is 1.40 bits per heavy atom. The number of carbonyl (C=O) groups is 1. The smallest absolute Gasteiger partial charge is 0.388 e. The SMILES string of the molecule is CC[C@@H]1C[C@H](C(=O)N[C@@H]([C@@H]2O[C@H](SC)[C@H](OP(=O)(O)O)[C@@H](O)[C@H]2O)[C@H](C)Cl)N(C)C1. The first-order valence-corrected chi connectivity index (χ1v) is 13.1. The van der Waals surface area contributed by atoms with E-state index in [4.69, 9.17) is 26.1 Å². The zero-order valence-electron chi connectivity index (χ0n) is 17.4. The lowest BCUT2D eigenvalue weighted by atomic mass is 9.92. The highest BCUT2D eigenvalue weighted by Crippen LogP contribution is 2.43. The minimum absolute atomic E-state index is 0.245. The van der Waals surface area contributed by atoms with Crippen molar-refractivity contribution in [1.82, 2.24) is 10.2 Å². The van der Waals surface area contributed by atoms with Crippen molar-refractivity contribution in [2.75, 3.05) is 19.8 Å². The number of phosphoric acid groups is 1. The summed E-state index contributed by atoms with van der Waals surface area (Å²) in [6, 6.07) is -1.18. The highest BCUT2D eigenvalue weighted by atomic mass is 35.5. The molecule has 10 nitrogen and oxygen atoms in total. The van der Waals surface area contributed by atoms with E-state index in [1.54, 1.807) is 13.2 Å². The van der Waals surface area contributed by atoms with Gasteiger partial charge in [0.15, 0.2) is 0 Å². The number of aliphatic hydroxyl groups is 2. The topological polar surface area (TPSA) is 149 Å². The summed E-state index contributed by atoms with van der Waals surface area (Å²) < 4.78 is 21.7. The van der Waals surface area contributed by atoms with Gasteiger partial charge in [-0.15, -0.1) is 23.4 Å². The zero-order valence-corrected chi connectivity index (χ0v) is 19.9. The molecule has 2 aliphatic rings. The third-order valence-electron chi connectivity index (χ3n) is 5.75. The molecule has 0 saturated carbocycles. The van der Waals surface area contributed by atoms with Crippen molar-refractivity contribution >= 4 is 37.1 Å². The second-order valence-electron chi connectivity index (χ2n) is 7.92. The number of likely N-dealkylation sites (N-methyl/N-ethyl adjacent to an activating group) is 1. The van der Waals surface area contributed by atoms with E-state index in [-0.39, 0.29) is 11.9 Å². The molecule has 30 heavy (non-hydrogen) atoms. The number of rotatable bonds is 8. The Hall–Kier alpha value is 0.0600. The summed E-state index contributed by atoms with van der Waals surface area (Å²) in [7, 11) is -3.05. The number of amides is 1. The van der Waals surface area contributed by atoms with Crippen LogP contribution in [0.5, 0.6) is 0 Å². The third kappa shape index (κ3) is 6.31. The van der Waals surface area contributed by atoms with E-state index >= 15 is 0 Å². The monoisotopic (exact) mass is 490 g/mol. The first-order chi connectivity index (χ1) is 13.9. The Balaban J connectivity index is 2.17. The number of ether oxygens (including phenoxy) is 1. The Kier molecular flexibility index (Phi) is 9.46. The number of phosphoric ester groups is 1. The molecule has 2 fully saturated rings. The number of halogens is 1. The first kappa shape index (κ1) is 26.3. The van der Waals surface area contributed by atoms with Crippen LogP contribution in [0.1, 0.15) is 26.7 Å². The molecule has 2 heterocycles. The first-order valence-electron chi connectivity index (χ1n) is 9.82. The Bertz CT molecular complexity index is 639. The minimum Gasteiger partial charge on any atom is -0.388 e. The number of thioether (sulfide) groups is 1. The Labute approximate surface area is 185 Å². The maximum absolute atomic E-state index is 12.9. The van der Waals surface area contributed by atoms with Gasteiger partial charge < -0.3 is 30.1 Å². The summed E-state index contributed by atoms with van der Waals surface area (Å²) in [4.78, 5) is 33.1. The lowest BCUT2D eigenvalue weighted by molar-refractivity contribution is -0.201. The van der Waals surface area contributed by atoms with Gasteiger partial charge in [0.25, 0.3) is 0 Å². The molecule has 0 spiro atoms. The lowest BCUT2D eigenvalue weighted by Gasteiger charge is -2.45. The average molecular weight is 491 g/mol. The molecule has 0 aromatic rings. The van der Waals surface area contributed by atoms with Crippen molar-refractivity contribution in [2.24, 2.45) is 5.92 Å². The number of nitrogens with zero attached hydrogens (tertiary/aromatic N) is 1. The van der Waals surface area contributed by atoms with Crippen molar-refractivity contribution in [3.8, 4) is 0 Å². The largest absolute Gasteiger partial charge is 0.470 e. The highest BCUT2D eigenvalue weighted by molar-refractivity contribution is 7.99. The highest BCUT2D eigenvalue weighted by Gasteiger charge is 2.51. The molecule has 0 bridgehead atoms. The van der Waals surface area contributed by atoms with Crippen LogP contribution in [-0.2, 0) is 18.6 Å². The molecule has 1 amide bonds. The normalized spacial score (nSPS) is 37.7. The van der Waals surface area contributed by atoms with Crippen LogP contribution < -0.4 is 5.32 Å². The van der Waals surface area contributed by atoms with Crippen LogP contribution >= 0.6 is 31.2 Å². The van der Waals surface area contributed by atoms with Crippen LogP contribution in [0.2, 0.25) is 0 Å². The summed E-state index contributed by atoms with van der Waals surface area (Å²) in [6.07, 6.45) is -2.50. The number of nitrogens with one attached hydrogen (secondary N) is 1. The quantitative estimate of drug-likeness (QED) is 0.234. The Morgan fingerprint density at radius 2 is 2.03 bits per heavy atom. The summed E-state index contributed by atoms with van der Waals surface area (Å²) in [6.45, 7) is 4.52. The van der Waals surface area contributed by atoms with Crippen LogP contribution in [0, 0.1) is 5.92 Å². The van der Waals surface area contributed by atoms with Crippen LogP contribution in [0.15, 0.2) is 0 Å². The predicted octanol–water partition coefficient (Wildman–Crippen LogP) is 0.116. The Morgan fingerprint density at radius 3 is 2.50 bits per heavy atom. The second-order valence-corrected chi connectivity index (χ2v) is 10.7. The molecular formula is C17H32ClN2O8PS. The minimum atomic E-state index is -4.93. The summed E-state index contributed by atoms with van der Waals surface area (Å²) in [5.74, 6) is 0.174. The van der Waals surface area contributed by atoms with Crippen molar-refractivity contribution in [2.45, 2.75) is 74.0 Å². The van der Waals surface area contributed by atoms with E-state index in [1.165, 1.54) is 0 Å². The van der Waals surface area contributed by atoms with Crippen LogP contribution in [-0.4, -0.2) is 98.0 Å². The number of hydrogen-bond acceptors (Lipinski definition) is 8. The number of alkyl halides is 1. The average Bonchev–Trinajstić information content (AvgIpc) is 3.04. The van der Waals surface area contributed by atoms with Gasteiger partial charge in [0.1, 0.15) is 29.9 Å². The summed E-state index contributed by atoms with van der Waals surface area (Å²) >= 11 is 7.36.